The van der Waals surface area contributed by atoms with Gasteiger partial charge in [-0.25, -0.2) is 9.80 Å². The lowest BCUT2D eigenvalue weighted by Crippen LogP contribution is -2.40. The van der Waals surface area contributed by atoms with E-state index in [0.29, 0.717) is 11.7 Å². The van der Waals surface area contributed by atoms with Gasteiger partial charge in [-0.05, 0) is 57.6 Å². The molecule has 4 unspecified atom stereocenters. The predicted molar refractivity (Wildman–Crippen MR) is 115 cm³/mol. The highest BCUT2D eigenvalue weighted by molar-refractivity contribution is 7.99. The van der Waals surface area contributed by atoms with E-state index in [-0.39, 0.29) is 36.5 Å². The summed E-state index contributed by atoms with van der Waals surface area (Å²) in [5.74, 6) is 0.334. The number of fused-ring (bicyclic) bond motifs is 1. The summed E-state index contributed by atoms with van der Waals surface area (Å²) in [5.41, 5.74) is 0. The highest BCUT2D eigenvalue weighted by Gasteiger charge is 2.52. The van der Waals surface area contributed by atoms with E-state index < -0.39 is 12.1 Å². The number of amides is 2. The monoisotopic (exact) mass is 425 g/mol. The van der Waals surface area contributed by atoms with Gasteiger partial charge in [0.05, 0.1) is 24.4 Å². The van der Waals surface area contributed by atoms with Crippen LogP contribution in [-0.2, 0) is 4.79 Å². The summed E-state index contributed by atoms with van der Waals surface area (Å²) < 4.78 is 0. The molecule has 3 aliphatic rings. The van der Waals surface area contributed by atoms with Crippen LogP contribution in [0.4, 0.5) is 4.79 Å². The number of thioether (sulfide) groups is 1. The predicted octanol–water partition coefficient (Wildman–Crippen LogP) is 3.56. The van der Waals surface area contributed by atoms with Crippen molar-refractivity contribution < 1.29 is 19.8 Å². The quantitative estimate of drug-likeness (QED) is 0.435. The summed E-state index contributed by atoms with van der Waals surface area (Å²) in [4.78, 5) is 25.6. The molecule has 0 bridgehead atoms. The molecule has 29 heavy (non-hydrogen) atoms. The molecule has 0 aromatic rings. The topological polar surface area (TPSA) is 93.4 Å². The Labute approximate surface area is 177 Å². The number of carboxylic acid groups (broad SMARTS) is 1. The molecular weight excluding hydrogens is 390 g/mol. The van der Waals surface area contributed by atoms with E-state index in [4.69, 9.17) is 5.11 Å². The first-order valence-electron chi connectivity index (χ1n) is 11.1. The lowest BCUT2D eigenvalue weighted by atomic mass is 9.86. The molecule has 2 aliphatic carbocycles. The lowest BCUT2D eigenvalue weighted by molar-refractivity contribution is -0.137. The van der Waals surface area contributed by atoms with Gasteiger partial charge in [0, 0.05) is 17.7 Å². The molecule has 0 spiro atoms. The molecule has 2 N–H and O–H groups in total. The van der Waals surface area contributed by atoms with Crippen molar-refractivity contribution in [3.8, 4) is 0 Å². The molecule has 0 aromatic heterocycles. The standard InChI is InChI=1S/C21H35N3O4S/c1-14(2)23-17-11-16(29-10-6-9-20(26)27)12-18(17)24(21(23)28)22-13-19(25)15-7-4-3-5-8-15/h13-19,25H,3-12H2,1-2H3,(H,26,27)/b22-13+. The van der Waals surface area contributed by atoms with E-state index in [1.807, 2.05) is 30.5 Å². The van der Waals surface area contributed by atoms with Crippen LogP contribution in [0.5, 0.6) is 0 Å². The van der Waals surface area contributed by atoms with Crippen LogP contribution in [-0.4, -0.2) is 73.6 Å². The maximum atomic E-state index is 13.0. The molecule has 0 radical (unpaired) electrons. The number of urea groups is 1. The zero-order valence-electron chi connectivity index (χ0n) is 17.6. The fraction of sp³-hybridized carbons (Fsp3) is 0.857. The molecule has 4 atom stereocenters. The van der Waals surface area contributed by atoms with Crippen LogP contribution in [0.1, 0.15) is 71.6 Å². The van der Waals surface area contributed by atoms with Gasteiger partial charge in [0.1, 0.15) is 0 Å². The third-order valence-electron chi connectivity index (χ3n) is 6.46. The van der Waals surface area contributed by atoms with Gasteiger partial charge in [-0.3, -0.25) is 4.79 Å². The van der Waals surface area contributed by atoms with Crippen LogP contribution in [0.2, 0.25) is 0 Å². The number of carbonyl (C=O) groups excluding carboxylic acids is 1. The molecule has 164 valence electrons. The van der Waals surface area contributed by atoms with E-state index >= 15 is 0 Å². The summed E-state index contributed by atoms with van der Waals surface area (Å²) in [6, 6.07) is 0.228. The number of hydrogen-bond acceptors (Lipinski definition) is 5. The van der Waals surface area contributed by atoms with Crippen molar-refractivity contribution in [1.29, 1.82) is 0 Å². The van der Waals surface area contributed by atoms with E-state index in [2.05, 4.69) is 5.10 Å². The SMILES string of the molecule is CC(C)N1C(=O)N(/N=C/C(O)C2CCCCC2)C2CC(SCCCC(=O)O)CC21. The second-order valence-corrected chi connectivity index (χ2v) is 10.3. The van der Waals surface area contributed by atoms with E-state index in [9.17, 15) is 14.7 Å². The van der Waals surface area contributed by atoms with Crippen LogP contribution >= 0.6 is 11.8 Å². The van der Waals surface area contributed by atoms with Crippen LogP contribution in [0.15, 0.2) is 5.10 Å². The Kier molecular flexibility index (Phi) is 7.85. The van der Waals surface area contributed by atoms with Crippen LogP contribution in [0, 0.1) is 5.92 Å². The van der Waals surface area contributed by atoms with Gasteiger partial charge in [-0.15, -0.1) is 0 Å². The van der Waals surface area contributed by atoms with Gasteiger partial charge in [-0.1, -0.05) is 19.3 Å². The van der Waals surface area contributed by atoms with Crippen molar-refractivity contribution in [1.82, 2.24) is 9.91 Å². The summed E-state index contributed by atoms with van der Waals surface area (Å²) in [6.07, 6.45) is 9.28. The largest absolute Gasteiger partial charge is 0.481 e. The molecule has 7 nitrogen and oxygen atoms in total. The summed E-state index contributed by atoms with van der Waals surface area (Å²) in [5, 5.41) is 25.8. The normalized spacial score (nSPS) is 29.2. The highest BCUT2D eigenvalue weighted by atomic mass is 32.2. The summed E-state index contributed by atoms with van der Waals surface area (Å²) in [7, 11) is 0. The molecule has 0 aromatic carbocycles. The van der Waals surface area contributed by atoms with Crippen molar-refractivity contribution in [3.05, 3.63) is 0 Å². The average Bonchev–Trinajstić information content (AvgIpc) is 3.19. The van der Waals surface area contributed by atoms with E-state index in [1.165, 1.54) is 6.42 Å². The maximum absolute atomic E-state index is 13.0. The van der Waals surface area contributed by atoms with Crippen LogP contribution in [0.3, 0.4) is 0 Å². The Hall–Kier alpha value is -1.28. The van der Waals surface area contributed by atoms with Crippen molar-refractivity contribution >= 4 is 30.0 Å². The molecule has 3 fully saturated rings. The fourth-order valence-electron chi connectivity index (χ4n) is 5.00. The zero-order valence-corrected chi connectivity index (χ0v) is 18.4. The Morgan fingerprint density at radius 3 is 2.59 bits per heavy atom. The molecule has 1 saturated heterocycles. The number of carboxylic acids is 1. The number of aliphatic hydroxyl groups excluding tert-OH is 1. The Morgan fingerprint density at radius 2 is 1.93 bits per heavy atom. The van der Waals surface area contributed by atoms with Crippen molar-refractivity contribution in [2.75, 3.05) is 5.75 Å². The number of hydrazone groups is 1. The van der Waals surface area contributed by atoms with E-state index in [0.717, 1.165) is 44.3 Å². The first-order valence-corrected chi connectivity index (χ1v) is 12.1. The van der Waals surface area contributed by atoms with Gasteiger partial charge in [0.2, 0.25) is 0 Å². The number of hydrogen-bond donors (Lipinski definition) is 2. The Balaban J connectivity index is 1.61. The first kappa shape index (κ1) is 22.4. The van der Waals surface area contributed by atoms with Crippen LogP contribution < -0.4 is 0 Å². The number of nitrogens with zero attached hydrogens (tertiary/aromatic N) is 3. The fourth-order valence-corrected chi connectivity index (χ4v) is 6.31. The second kappa shape index (κ2) is 10.2. The third-order valence-corrected chi connectivity index (χ3v) is 7.84. The minimum atomic E-state index is -0.748. The van der Waals surface area contributed by atoms with Crippen molar-refractivity contribution in [2.45, 2.75) is 101 Å². The molecule has 2 saturated carbocycles. The zero-order chi connectivity index (χ0) is 21.0. The smallest absolute Gasteiger partial charge is 0.341 e. The Bertz CT molecular complexity index is 609. The number of rotatable bonds is 9. The average molecular weight is 426 g/mol. The van der Waals surface area contributed by atoms with Gasteiger partial charge in [-0.2, -0.15) is 16.9 Å². The number of aliphatic hydroxyl groups is 1. The molecule has 3 rings (SSSR count). The van der Waals surface area contributed by atoms with Crippen molar-refractivity contribution in [2.24, 2.45) is 11.0 Å². The molecule has 1 heterocycles. The van der Waals surface area contributed by atoms with Crippen LogP contribution in [0.25, 0.3) is 0 Å². The van der Waals surface area contributed by atoms with Gasteiger partial charge in [0.15, 0.2) is 0 Å². The maximum Gasteiger partial charge on any atom is 0.341 e. The summed E-state index contributed by atoms with van der Waals surface area (Å²) in [6.45, 7) is 4.07. The van der Waals surface area contributed by atoms with Gasteiger partial charge in [0.25, 0.3) is 0 Å². The highest BCUT2D eigenvalue weighted by Crippen LogP contribution is 2.41. The molecule has 2 amide bonds. The Morgan fingerprint density at radius 1 is 1.24 bits per heavy atom. The first-order chi connectivity index (χ1) is 13.9. The minimum absolute atomic E-state index is 0.0386. The molecular formula is C21H35N3O4S. The molecule has 1 aliphatic heterocycles. The van der Waals surface area contributed by atoms with Crippen molar-refractivity contribution in [3.63, 3.8) is 0 Å². The van der Waals surface area contributed by atoms with E-state index in [1.54, 1.807) is 11.2 Å². The number of carbonyl (C=O) groups is 2. The lowest BCUT2D eigenvalue weighted by Gasteiger charge is -2.26. The number of aliphatic carboxylic acids is 1. The second-order valence-electron chi connectivity index (χ2n) is 8.88. The van der Waals surface area contributed by atoms with Gasteiger partial charge < -0.3 is 15.1 Å². The van der Waals surface area contributed by atoms with Gasteiger partial charge >= 0.3 is 12.0 Å². The summed E-state index contributed by atoms with van der Waals surface area (Å²) >= 11 is 1.82. The minimum Gasteiger partial charge on any atom is -0.481 e. The third kappa shape index (κ3) is 5.45. The molecule has 8 heteroatoms.